The number of hydrogen-bond acceptors (Lipinski definition) is 2. The maximum Gasteiger partial charge on any atom is 0.122 e. The summed E-state index contributed by atoms with van der Waals surface area (Å²) >= 11 is 3.66. The van der Waals surface area contributed by atoms with Crippen molar-refractivity contribution in [3.63, 3.8) is 0 Å². The van der Waals surface area contributed by atoms with E-state index >= 15 is 0 Å². The second-order valence-corrected chi connectivity index (χ2v) is 5.41. The minimum Gasteiger partial charge on any atom is -0.496 e. The summed E-state index contributed by atoms with van der Waals surface area (Å²) < 4.78 is 6.65. The van der Waals surface area contributed by atoms with E-state index < -0.39 is 0 Å². The van der Waals surface area contributed by atoms with Crippen LogP contribution in [0.15, 0.2) is 10.5 Å². The van der Waals surface area contributed by atoms with Crippen LogP contribution in [0.1, 0.15) is 48.4 Å². The Bertz CT molecular complexity index is 417. The quantitative estimate of drug-likeness (QED) is 0.854. The molecule has 3 heteroatoms. The molecule has 2 rings (SSSR count). The first-order valence-electron chi connectivity index (χ1n) is 5.68. The molecule has 0 radical (unpaired) electrons. The minimum absolute atomic E-state index is 0.134. The van der Waals surface area contributed by atoms with Gasteiger partial charge >= 0.3 is 0 Å². The highest BCUT2D eigenvalue weighted by molar-refractivity contribution is 9.10. The Labute approximate surface area is 105 Å². The first kappa shape index (κ1) is 11.9. The lowest BCUT2D eigenvalue weighted by molar-refractivity contribution is 0.394. The normalized spacial score (nSPS) is 24.1. The molecule has 0 heterocycles. The van der Waals surface area contributed by atoms with Crippen molar-refractivity contribution in [1.29, 1.82) is 0 Å². The fraction of sp³-hybridized carbons (Fsp3) is 0.538. The molecule has 0 aliphatic heterocycles. The lowest BCUT2D eigenvalue weighted by Crippen LogP contribution is -2.21. The van der Waals surface area contributed by atoms with Crippen LogP contribution in [0.3, 0.4) is 0 Å². The third kappa shape index (κ3) is 1.76. The van der Waals surface area contributed by atoms with E-state index in [4.69, 9.17) is 10.5 Å². The molecular weight excluding hydrogens is 266 g/mol. The van der Waals surface area contributed by atoms with Gasteiger partial charge in [-0.15, -0.1) is 0 Å². The van der Waals surface area contributed by atoms with Crippen molar-refractivity contribution in [2.75, 3.05) is 7.11 Å². The molecule has 0 aromatic heterocycles. The summed E-state index contributed by atoms with van der Waals surface area (Å²) in [6, 6.07) is 2.23. The molecule has 88 valence electrons. The second-order valence-electron chi connectivity index (χ2n) is 4.62. The summed E-state index contributed by atoms with van der Waals surface area (Å²) in [6.45, 7) is 4.33. The zero-order valence-corrected chi connectivity index (χ0v) is 11.6. The number of benzene rings is 1. The van der Waals surface area contributed by atoms with E-state index in [1.807, 2.05) is 0 Å². The van der Waals surface area contributed by atoms with Crippen LogP contribution in [0.4, 0.5) is 0 Å². The molecule has 2 N–H and O–H groups in total. The molecule has 0 bridgehead atoms. The van der Waals surface area contributed by atoms with Crippen molar-refractivity contribution >= 4 is 15.9 Å². The van der Waals surface area contributed by atoms with E-state index in [1.165, 1.54) is 16.7 Å². The SMILES string of the molecule is COc1cc(C)c(Br)c2c1C(C)CCC2N. The molecule has 0 saturated carbocycles. The van der Waals surface area contributed by atoms with Gasteiger partial charge in [0.2, 0.25) is 0 Å². The average molecular weight is 284 g/mol. The minimum atomic E-state index is 0.134. The molecule has 2 nitrogen and oxygen atoms in total. The van der Waals surface area contributed by atoms with E-state index in [0.29, 0.717) is 5.92 Å². The maximum atomic E-state index is 6.22. The van der Waals surface area contributed by atoms with E-state index in [2.05, 4.69) is 35.8 Å². The predicted molar refractivity (Wildman–Crippen MR) is 70.0 cm³/mol. The highest BCUT2D eigenvalue weighted by Crippen LogP contribution is 2.45. The van der Waals surface area contributed by atoms with Gasteiger partial charge in [0, 0.05) is 16.1 Å². The van der Waals surface area contributed by atoms with E-state index in [9.17, 15) is 0 Å². The first-order chi connectivity index (χ1) is 7.56. The van der Waals surface area contributed by atoms with Crippen LogP contribution in [0, 0.1) is 6.92 Å². The van der Waals surface area contributed by atoms with Crippen molar-refractivity contribution in [1.82, 2.24) is 0 Å². The Morgan fingerprint density at radius 2 is 2.06 bits per heavy atom. The second kappa shape index (κ2) is 4.38. The van der Waals surface area contributed by atoms with Crippen LogP contribution in [0.5, 0.6) is 5.75 Å². The zero-order chi connectivity index (χ0) is 11.9. The van der Waals surface area contributed by atoms with E-state index in [0.717, 1.165) is 23.1 Å². The Kier molecular flexibility index (Phi) is 3.27. The number of ether oxygens (including phenoxy) is 1. The summed E-state index contributed by atoms with van der Waals surface area (Å²) in [5.41, 5.74) is 9.95. The highest BCUT2D eigenvalue weighted by atomic mass is 79.9. The molecule has 0 amide bonds. The van der Waals surface area contributed by atoms with Crippen molar-refractivity contribution < 1.29 is 4.74 Å². The lowest BCUT2D eigenvalue weighted by Gasteiger charge is -2.30. The smallest absolute Gasteiger partial charge is 0.122 e. The van der Waals surface area contributed by atoms with Crippen LogP contribution >= 0.6 is 15.9 Å². The Morgan fingerprint density at radius 3 is 2.69 bits per heavy atom. The molecular formula is C13H18BrNO. The lowest BCUT2D eigenvalue weighted by atomic mass is 9.80. The summed E-state index contributed by atoms with van der Waals surface area (Å²) in [7, 11) is 1.73. The number of rotatable bonds is 1. The van der Waals surface area contributed by atoms with Crippen molar-refractivity contribution in [2.24, 2.45) is 5.73 Å². The monoisotopic (exact) mass is 283 g/mol. The number of methoxy groups -OCH3 is 1. The van der Waals surface area contributed by atoms with E-state index in [-0.39, 0.29) is 6.04 Å². The number of aryl methyl sites for hydroxylation is 1. The first-order valence-corrected chi connectivity index (χ1v) is 6.48. The molecule has 16 heavy (non-hydrogen) atoms. The van der Waals surface area contributed by atoms with Crippen molar-refractivity contribution in [3.05, 3.63) is 27.2 Å². The van der Waals surface area contributed by atoms with Crippen LogP contribution in [-0.4, -0.2) is 7.11 Å². The standard InChI is InChI=1S/C13H18BrNO/c1-7-4-5-9(15)12-11(7)10(16-3)6-8(2)13(12)14/h6-7,9H,4-5,15H2,1-3H3. The van der Waals surface area contributed by atoms with Gasteiger partial charge in [-0.05, 0) is 42.9 Å². The van der Waals surface area contributed by atoms with E-state index in [1.54, 1.807) is 7.11 Å². The number of nitrogens with two attached hydrogens (primary N) is 1. The molecule has 1 aromatic carbocycles. The van der Waals surface area contributed by atoms with Gasteiger partial charge in [-0.2, -0.15) is 0 Å². The molecule has 1 aromatic rings. The molecule has 0 spiro atoms. The fourth-order valence-electron chi connectivity index (χ4n) is 2.56. The fourth-order valence-corrected chi connectivity index (χ4v) is 3.18. The zero-order valence-electron chi connectivity index (χ0n) is 10.0. The van der Waals surface area contributed by atoms with Crippen molar-refractivity contribution in [3.8, 4) is 5.75 Å². The van der Waals surface area contributed by atoms with Gasteiger partial charge in [0.25, 0.3) is 0 Å². The molecule has 0 fully saturated rings. The Hall–Kier alpha value is -0.540. The van der Waals surface area contributed by atoms with Crippen LogP contribution in [0.2, 0.25) is 0 Å². The van der Waals surface area contributed by atoms with Gasteiger partial charge in [-0.25, -0.2) is 0 Å². The third-order valence-electron chi connectivity index (χ3n) is 3.48. The van der Waals surface area contributed by atoms with Gasteiger partial charge in [-0.3, -0.25) is 0 Å². The van der Waals surface area contributed by atoms with Gasteiger partial charge in [0.15, 0.2) is 0 Å². The summed E-state index contributed by atoms with van der Waals surface area (Å²) in [4.78, 5) is 0. The number of halogens is 1. The summed E-state index contributed by atoms with van der Waals surface area (Å²) in [5, 5.41) is 0. The summed E-state index contributed by atoms with van der Waals surface area (Å²) in [6.07, 6.45) is 2.19. The molecule has 0 saturated heterocycles. The highest BCUT2D eigenvalue weighted by Gasteiger charge is 2.28. The van der Waals surface area contributed by atoms with Crippen LogP contribution in [-0.2, 0) is 0 Å². The topological polar surface area (TPSA) is 35.2 Å². The van der Waals surface area contributed by atoms with Crippen LogP contribution in [0.25, 0.3) is 0 Å². The Balaban J connectivity index is 2.70. The number of fused-ring (bicyclic) bond motifs is 1. The molecule has 1 aliphatic rings. The van der Waals surface area contributed by atoms with Gasteiger partial charge in [0.05, 0.1) is 7.11 Å². The average Bonchev–Trinajstić information content (AvgIpc) is 2.27. The van der Waals surface area contributed by atoms with Crippen molar-refractivity contribution in [2.45, 2.75) is 38.6 Å². The maximum absolute atomic E-state index is 6.22. The van der Waals surface area contributed by atoms with Gasteiger partial charge in [-0.1, -0.05) is 22.9 Å². The van der Waals surface area contributed by atoms with Gasteiger partial charge in [0.1, 0.15) is 5.75 Å². The molecule has 2 unspecified atom stereocenters. The molecule has 1 aliphatic carbocycles. The predicted octanol–water partition coefficient (Wildman–Crippen LogP) is 3.66. The number of hydrogen-bond donors (Lipinski definition) is 1. The van der Waals surface area contributed by atoms with Gasteiger partial charge < -0.3 is 10.5 Å². The molecule has 2 atom stereocenters. The largest absolute Gasteiger partial charge is 0.496 e. The Morgan fingerprint density at radius 1 is 1.38 bits per heavy atom. The third-order valence-corrected chi connectivity index (χ3v) is 4.53. The van der Waals surface area contributed by atoms with Crippen LogP contribution < -0.4 is 10.5 Å². The summed E-state index contributed by atoms with van der Waals surface area (Å²) in [5.74, 6) is 1.51.